The van der Waals surface area contributed by atoms with Gasteiger partial charge < -0.3 is 18.9 Å². The first-order valence-electron chi connectivity index (χ1n) is 16.0. The predicted molar refractivity (Wildman–Crippen MR) is 200 cm³/mol. The Morgan fingerprint density at radius 1 is 0.389 bits per heavy atom. The van der Waals surface area contributed by atoms with Crippen LogP contribution in [-0.2, 0) is 18.9 Å². The van der Waals surface area contributed by atoms with Crippen molar-refractivity contribution in [1.82, 2.24) is 29.9 Å². The number of ether oxygens (including phenoxy) is 4. The average molecular weight is 725 g/mol. The second kappa shape index (κ2) is 18.1. The van der Waals surface area contributed by atoms with Crippen molar-refractivity contribution in [1.29, 1.82) is 0 Å². The van der Waals surface area contributed by atoms with E-state index in [2.05, 4.69) is 19.9 Å². The molecule has 0 aliphatic rings. The fourth-order valence-corrected chi connectivity index (χ4v) is 4.75. The van der Waals surface area contributed by atoms with Crippen molar-refractivity contribution in [3.05, 3.63) is 141 Å². The lowest BCUT2D eigenvalue weighted by Gasteiger charge is -2.08. The largest absolute Gasteiger partial charge is 0.464 e. The number of aromatic nitrogens is 6. The van der Waals surface area contributed by atoms with Gasteiger partial charge in [-0.25, -0.2) is 49.1 Å². The zero-order valence-corrected chi connectivity index (χ0v) is 29.5. The van der Waals surface area contributed by atoms with E-state index in [1.807, 2.05) is 0 Å². The van der Waals surface area contributed by atoms with Gasteiger partial charge in [0.2, 0.25) is 0 Å². The molecule has 0 spiro atoms. The summed E-state index contributed by atoms with van der Waals surface area (Å²) >= 11 is 0. The van der Waals surface area contributed by atoms with E-state index in [1.165, 1.54) is 53.2 Å². The van der Waals surface area contributed by atoms with Crippen molar-refractivity contribution >= 4 is 72.5 Å². The number of hydrogen-bond donors (Lipinski definition) is 0. The molecule has 14 heteroatoms. The molecule has 0 aliphatic heterocycles. The summed E-state index contributed by atoms with van der Waals surface area (Å²) in [5.41, 5.74) is 4.83. The lowest BCUT2D eigenvalue weighted by Crippen LogP contribution is -2.04. The third-order valence-electron chi connectivity index (χ3n) is 7.46. The highest BCUT2D eigenvalue weighted by Gasteiger charge is 2.12. The van der Waals surface area contributed by atoms with Gasteiger partial charge in [0.05, 0.1) is 51.2 Å². The Kier molecular flexibility index (Phi) is 12.7. The molecule has 5 aromatic rings. The second-order valence-corrected chi connectivity index (χ2v) is 11.0. The molecule has 0 fully saturated rings. The quantitative estimate of drug-likeness (QED) is 0.110. The summed E-state index contributed by atoms with van der Waals surface area (Å²) in [4.78, 5) is 74.8. The number of pyridine rings is 4. The zero-order valence-electron chi connectivity index (χ0n) is 29.5. The van der Waals surface area contributed by atoms with Crippen LogP contribution in [0, 0.1) is 0 Å². The lowest BCUT2D eigenvalue weighted by atomic mass is 10.1. The van der Waals surface area contributed by atoms with E-state index in [0.717, 1.165) is 0 Å². The molecule has 5 heterocycles. The van der Waals surface area contributed by atoms with Crippen LogP contribution in [0.3, 0.4) is 0 Å². The number of hydrogen-bond acceptors (Lipinski definition) is 14. The Morgan fingerprint density at radius 2 is 0.611 bits per heavy atom. The van der Waals surface area contributed by atoms with Gasteiger partial charge >= 0.3 is 23.9 Å². The molecule has 0 saturated carbocycles. The van der Waals surface area contributed by atoms with E-state index < -0.39 is 23.9 Å². The molecule has 5 rings (SSSR count). The van der Waals surface area contributed by atoms with Gasteiger partial charge in [0.25, 0.3) is 0 Å². The Hall–Kier alpha value is -7.48. The summed E-state index contributed by atoms with van der Waals surface area (Å²) in [6, 6.07) is 13.2. The van der Waals surface area contributed by atoms with E-state index >= 15 is 0 Å². The number of esters is 4. The Balaban J connectivity index is 1.66. The smallest absolute Gasteiger partial charge is 0.356 e. The molecule has 54 heavy (non-hydrogen) atoms. The monoisotopic (exact) mass is 724 g/mol. The van der Waals surface area contributed by atoms with Crippen LogP contribution in [0.4, 0.5) is 0 Å². The van der Waals surface area contributed by atoms with E-state index in [0.29, 0.717) is 45.0 Å². The van der Waals surface area contributed by atoms with Gasteiger partial charge in [-0.2, -0.15) is 0 Å². The number of carbonyl (C=O) groups is 4. The van der Waals surface area contributed by atoms with Crippen molar-refractivity contribution in [2.75, 3.05) is 28.4 Å². The maximum Gasteiger partial charge on any atom is 0.356 e. The molecule has 0 atom stereocenters. The SMILES string of the molecule is COC(=O)c1cc(C=Cc2nc(C=Cc3ccnc(C(=O)OC)c3)c(C=Cc3ccnc(C(=O)OC)c3)nc2C=Cc2ccnc(C(=O)OC)c2)ccn1. The molecule has 0 aliphatic carbocycles. The van der Waals surface area contributed by atoms with Crippen LogP contribution < -0.4 is 0 Å². The minimum absolute atomic E-state index is 0.129. The molecule has 5 aromatic heterocycles. The fourth-order valence-electron chi connectivity index (χ4n) is 4.75. The van der Waals surface area contributed by atoms with Gasteiger partial charge in [-0.15, -0.1) is 0 Å². The Morgan fingerprint density at radius 3 is 0.815 bits per heavy atom. The molecule has 0 radical (unpaired) electrons. The van der Waals surface area contributed by atoms with Crippen molar-refractivity contribution in [3.8, 4) is 0 Å². The van der Waals surface area contributed by atoms with Crippen molar-refractivity contribution in [2.45, 2.75) is 0 Å². The summed E-state index contributed by atoms with van der Waals surface area (Å²) in [5, 5.41) is 0. The molecule has 0 N–H and O–H groups in total. The van der Waals surface area contributed by atoms with Crippen molar-refractivity contribution in [2.24, 2.45) is 0 Å². The highest BCUT2D eigenvalue weighted by molar-refractivity contribution is 5.91. The van der Waals surface area contributed by atoms with Gasteiger partial charge in [0.1, 0.15) is 22.8 Å². The zero-order chi connectivity index (χ0) is 38.5. The molecule has 270 valence electrons. The summed E-state index contributed by atoms with van der Waals surface area (Å²) in [7, 11) is 5.10. The van der Waals surface area contributed by atoms with E-state index in [4.69, 9.17) is 28.9 Å². The topological polar surface area (TPSA) is 183 Å². The lowest BCUT2D eigenvalue weighted by molar-refractivity contribution is 0.0585. The van der Waals surface area contributed by atoms with Crippen LogP contribution >= 0.6 is 0 Å². The van der Waals surface area contributed by atoms with Crippen LogP contribution in [-0.4, -0.2) is 82.2 Å². The molecule has 0 amide bonds. The van der Waals surface area contributed by atoms with Crippen LogP contribution in [0.2, 0.25) is 0 Å². The van der Waals surface area contributed by atoms with Crippen LogP contribution in [0.5, 0.6) is 0 Å². The second-order valence-electron chi connectivity index (χ2n) is 11.0. The van der Waals surface area contributed by atoms with E-state index in [9.17, 15) is 19.2 Å². The summed E-state index contributed by atoms with van der Waals surface area (Å²) in [6.45, 7) is 0. The van der Waals surface area contributed by atoms with Crippen molar-refractivity contribution < 1.29 is 38.1 Å². The number of carbonyl (C=O) groups excluding carboxylic acids is 4. The Bertz CT molecular complexity index is 2010. The van der Waals surface area contributed by atoms with Gasteiger partial charge in [-0.1, -0.05) is 24.3 Å². The number of rotatable bonds is 12. The van der Waals surface area contributed by atoms with Gasteiger partial charge in [0.15, 0.2) is 0 Å². The summed E-state index contributed by atoms with van der Waals surface area (Å²) < 4.78 is 19.3. The minimum atomic E-state index is -0.583. The van der Waals surface area contributed by atoms with Crippen LogP contribution in [0.1, 0.15) is 87.0 Å². The average Bonchev–Trinajstić information content (AvgIpc) is 3.22. The molecule has 0 unspecified atom stereocenters. The first-order chi connectivity index (χ1) is 26.2. The molecular weight excluding hydrogens is 692 g/mol. The predicted octanol–water partition coefficient (Wildman–Crippen LogP) is 5.88. The van der Waals surface area contributed by atoms with Gasteiger partial charge in [0, 0.05) is 24.8 Å². The van der Waals surface area contributed by atoms with Gasteiger partial charge in [-0.05, 0) is 95.1 Å². The third kappa shape index (κ3) is 9.85. The van der Waals surface area contributed by atoms with Crippen LogP contribution in [0.25, 0.3) is 48.6 Å². The molecule has 0 aromatic carbocycles. The first kappa shape index (κ1) is 37.8. The number of methoxy groups -OCH3 is 4. The Labute approximate surface area is 309 Å². The summed E-state index contributed by atoms with van der Waals surface area (Å²) in [6.07, 6.45) is 19.9. The molecule has 0 bridgehead atoms. The third-order valence-corrected chi connectivity index (χ3v) is 7.46. The van der Waals surface area contributed by atoms with E-state index in [-0.39, 0.29) is 22.8 Å². The molecule has 14 nitrogen and oxygen atoms in total. The molecular formula is C40H32N6O8. The van der Waals surface area contributed by atoms with Gasteiger partial charge in [-0.3, -0.25) is 0 Å². The van der Waals surface area contributed by atoms with Crippen LogP contribution in [0.15, 0.2) is 73.3 Å². The first-order valence-corrected chi connectivity index (χ1v) is 16.0. The number of nitrogens with zero attached hydrogens (tertiary/aromatic N) is 6. The maximum atomic E-state index is 12.1. The minimum Gasteiger partial charge on any atom is -0.464 e. The maximum absolute atomic E-state index is 12.1. The standard InChI is InChI=1S/C40H32N6O8/c1-51-37(47)33-21-25(13-17-41-33)5-9-29-30(10-6-26-14-18-42-34(22-26)38(48)52-2)46-32(12-8-28-16-20-44-36(24-28)40(50)54-4)31(45-29)11-7-27-15-19-43-35(23-27)39(49)53-3/h5-24H,1-4H3. The molecule has 0 saturated heterocycles. The highest BCUT2D eigenvalue weighted by atomic mass is 16.5. The fraction of sp³-hybridized carbons (Fsp3) is 0.100. The van der Waals surface area contributed by atoms with Crippen molar-refractivity contribution in [3.63, 3.8) is 0 Å². The highest BCUT2D eigenvalue weighted by Crippen LogP contribution is 2.21. The van der Waals surface area contributed by atoms with E-state index in [1.54, 1.807) is 97.1 Å². The summed E-state index contributed by atoms with van der Waals surface area (Å²) in [5.74, 6) is -2.33. The normalized spacial score (nSPS) is 11.3.